The van der Waals surface area contributed by atoms with Crippen LogP contribution in [0, 0.1) is 0 Å². The van der Waals surface area contributed by atoms with Gasteiger partial charge in [-0.2, -0.15) is 0 Å². The smallest absolute Gasteiger partial charge is 0.262 e. The highest BCUT2D eigenvalue weighted by Crippen LogP contribution is 2.29. The Kier molecular flexibility index (Phi) is 5.65. The molecule has 1 N–H and O–H groups in total. The molecule has 1 amide bonds. The maximum Gasteiger partial charge on any atom is 0.262 e. The number of benzene rings is 2. The number of thioether (sulfide) groups is 1. The van der Waals surface area contributed by atoms with Crippen molar-refractivity contribution in [1.82, 2.24) is 9.55 Å². The SMILES string of the molecule is O=C1COc2ccc(C(=O)CSc3nc4cc(Cl)ccc4c(=O)n3Cc3ccco3)cc2N1. The lowest BCUT2D eigenvalue weighted by Gasteiger charge is -2.18. The van der Waals surface area contributed by atoms with Crippen LogP contribution in [-0.2, 0) is 11.3 Å². The van der Waals surface area contributed by atoms with Crippen LogP contribution in [0.5, 0.6) is 5.75 Å². The fraction of sp³-hybridized carbons (Fsp3) is 0.130. The summed E-state index contributed by atoms with van der Waals surface area (Å²) in [6.45, 7) is 0.122. The molecule has 1 aliphatic heterocycles. The van der Waals surface area contributed by atoms with E-state index in [0.29, 0.717) is 43.8 Å². The molecule has 0 fully saturated rings. The van der Waals surface area contributed by atoms with Crippen molar-refractivity contribution in [1.29, 1.82) is 0 Å². The number of rotatable bonds is 6. The van der Waals surface area contributed by atoms with Gasteiger partial charge in [-0.05, 0) is 48.5 Å². The van der Waals surface area contributed by atoms with E-state index in [4.69, 9.17) is 20.8 Å². The van der Waals surface area contributed by atoms with Crippen LogP contribution in [0.25, 0.3) is 10.9 Å². The number of ketones is 1. The molecule has 33 heavy (non-hydrogen) atoms. The van der Waals surface area contributed by atoms with Gasteiger partial charge in [0.2, 0.25) is 0 Å². The molecule has 0 unspecified atom stereocenters. The third-order valence-corrected chi connectivity index (χ3v) is 6.25. The molecule has 0 atom stereocenters. The predicted octanol–water partition coefficient (Wildman–Crippen LogP) is 4.00. The number of furan rings is 1. The summed E-state index contributed by atoms with van der Waals surface area (Å²) in [4.78, 5) is 42.2. The molecule has 0 saturated carbocycles. The van der Waals surface area contributed by atoms with E-state index in [0.717, 1.165) is 11.8 Å². The quantitative estimate of drug-likeness (QED) is 0.252. The molecule has 166 valence electrons. The van der Waals surface area contributed by atoms with Gasteiger partial charge < -0.3 is 14.5 Å². The Balaban J connectivity index is 1.45. The number of carbonyl (C=O) groups excluding carboxylic acids is 2. The summed E-state index contributed by atoms with van der Waals surface area (Å²) in [6, 6.07) is 13.3. The molecule has 1 aliphatic rings. The van der Waals surface area contributed by atoms with E-state index in [9.17, 15) is 14.4 Å². The van der Waals surface area contributed by atoms with E-state index in [1.165, 1.54) is 10.8 Å². The van der Waals surface area contributed by atoms with Crippen molar-refractivity contribution in [2.24, 2.45) is 0 Å². The van der Waals surface area contributed by atoms with Gasteiger partial charge >= 0.3 is 0 Å². The first-order chi connectivity index (χ1) is 16.0. The lowest BCUT2D eigenvalue weighted by Crippen LogP contribution is -2.25. The topological polar surface area (TPSA) is 103 Å². The number of carbonyl (C=O) groups is 2. The zero-order valence-electron chi connectivity index (χ0n) is 17.0. The molecule has 0 saturated heterocycles. The van der Waals surface area contributed by atoms with E-state index in [-0.39, 0.29) is 36.2 Å². The van der Waals surface area contributed by atoms with E-state index in [1.807, 2.05) is 0 Å². The molecular formula is C23H16ClN3O5S. The van der Waals surface area contributed by atoms with Gasteiger partial charge in [0, 0.05) is 10.6 Å². The normalized spacial score (nSPS) is 12.8. The molecule has 8 nitrogen and oxygen atoms in total. The monoisotopic (exact) mass is 481 g/mol. The molecule has 0 spiro atoms. The summed E-state index contributed by atoms with van der Waals surface area (Å²) >= 11 is 7.23. The molecule has 2 aromatic heterocycles. The number of aromatic nitrogens is 2. The van der Waals surface area contributed by atoms with Gasteiger partial charge in [0.25, 0.3) is 11.5 Å². The highest BCUT2D eigenvalue weighted by molar-refractivity contribution is 7.99. The molecule has 0 bridgehead atoms. The lowest BCUT2D eigenvalue weighted by atomic mass is 10.1. The maximum absolute atomic E-state index is 13.2. The molecule has 10 heteroatoms. The Morgan fingerprint density at radius 2 is 2.06 bits per heavy atom. The van der Waals surface area contributed by atoms with Crippen LogP contribution in [0.15, 0.2) is 69.2 Å². The summed E-state index contributed by atoms with van der Waals surface area (Å²) in [6.07, 6.45) is 1.53. The summed E-state index contributed by atoms with van der Waals surface area (Å²) in [5.41, 5.74) is 1.06. The highest BCUT2D eigenvalue weighted by Gasteiger charge is 2.19. The van der Waals surface area contributed by atoms with Crippen LogP contribution in [-0.4, -0.2) is 33.6 Å². The molecule has 0 radical (unpaired) electrons. The van der Waals surface area contributed by atoms with Crippen molar-refractivity contribution in [3.8, 4) is 5.75 Å². The second-order valence-electron chi connectivity index (χ2n) is 7.29. The van der Waals surface area contributed by atoms with Crippen LogP contribution in [0.1, 0.15) is 16.1 Å². The van der Waals surface area contributed by atoms with Crippen molar-refractivity contribution < 1.29 is 18.7 Å². The molecule has 5 rings (SSSR count). The number of ether oxygens (including phenoxy) is 1. The van der Waals surface area contributed by atoms with Crippen molar-refractivity contribution in [2.45, 2.75) is 11.7 Å². The first kappa shape index (κ1) is 21.3. The Bertz CT molecular complexity index is 1450. The van der Waals surface area contributed by atoms with Gasteiger partial charge in [0.15, 0.2) is 17.5 Å². The number of nitrogens with one attached hydrogen (secondary N) is 1. The van der Waals surface area contributed by atoms with E-state index in [1.54, 1.807) is 48.5 Å². The zero-order chi connectivity index (χ0) is 22.9. The van der Waals surface area contributed by atoms with Crippen LogP contribution in [0.2, 0.25) is 5.02 Å². The molecule has 3 heterocycles. The molecular weight excluding hydrogens is 466 g/mol. The van der Waals surface area contributed by atoms with Gasteiger partial charge in [-0.3, -0.25) is 19.0 Å². The molecule has 4 aromatic rings. The van der Waals surface area contributed by atoms with Crippen LogP contribution >= 0.6 is 23.4 Å². The minimum Gasteiger partial charge on any atom is -0.482 e. The van der Waals surface area contributed by atoms with Gasteiger partial charge in [-0.25, -0.2) is 4.98 Å². The van der Waals surface area contributed by atoms with Gasteiger partial charge in [0.05, 0.1) is 35.2 Å². The fourth-order valence-electron chi connectivity index (χ4n) is 3.45. The summed E-state index contributed by atoms with van der Waals surface area (Å²) < 4.78 is 12.2. The second kappa shape index (κ2) is 8.76. The second-order valence-corrected chi connectivity index (χ2v) is 8.67. The van der Waals surface area contributed by atoms with Crippen molar-refractivity contribution in [3.05, 3.63) is 81.5 Å². The maximum atomic E-state index is 13.2. The molecule has 2 aromatic carbocycles. The number of halogens is 1. The Morgan fingerprint density at radius 3 is 2.88 bits per heavy atom. The van der Waals surface area contributed by atoms with E-state index < -0.39 is 0 Å². The number of hydrogen-bond acceptors (Lipinski definition) is 7. The minimum absolute atomic E-state index is 0.0320. The average Bonchev–Trinajstić information content (AvgIpc) is 3.32. The minimum atomic E-state index is -0.276. The largest absolute Gasteiger partial charge is 0.482 e. The van der Waals surface area contributed by atoms with Crippen molar-refractivity contribution in [2.75, 3.05) is 17.7 Å². The van der Waals surface area contributed by atoms with E-state index >= 15 is 0 Å². The van der Waals surface area contributed by atoms with Gasteiger partial charge in [0.1, 0.15) is 11.5 Å². The molecule has 0 aliphatic carbocycles. The van der Waals surface area contributed by atoms with Crippen LogP contribution in [0.3, 0.4) is 0 Å². The van der Waals surface area contributed by atoms with Crippen molar-refractivity contribution in [3.63, 3.8) is 0 Å². The highest BCUT2D eigenvalue weighted by atomic mass is 35.5. The van der Waals surface area contributed by atoms with Crippen LogP contribution in [0.4, 0.5) is 5.69 Å². The zero-order valence-corrected chi connectivity index (χ0v) is 18.6. The fourth-order valence-corrected chi connectivity index (χ4v) is 4.51. The third-order valence-electron chi connectivity index (χ3n) is 5.04. The van der Waals surface area contributed by atoms with Crippen molar-refractivity contribution >= 4 is 51.6 Å². The third kappa shape index (κ3) is 4.37. The number of Topliss-reactive ketones (excluding diaryl/α,β-unsaturated/α-hetero) is 1. The Morgan fingerprint density at radius 1 is 1.18 bits per heavy atom. The summed E-state index contributed by atoms with van der Waals surface area (Å²) in [5.74, 6) is 0.671. The lowest BCUT2D eigenvalue weighted by molar-refractivity contribution is -0.118. The number of nitrogens with zero attached hydrogens (tertiary/aromatic N) is 2. The number of hydrogen-bond donors (Lipinski definition) is 1. The number of amides is 1. The first-order valence-corrected chi connectivity index (χ1v) is 11.3. The summed E-state index contributed by atoms with van der Waals surface area (Å²) in [5, 5.41) is 3.95. The number of fused-ring (bicyclic) bond motifs is 2. The number of anilines is 1. The van der Waals surface area contributed by atoms with Crippen LogP contribution < -0.4 is 15.6 Å². The predicted molar refractivity (Wildman–Crippen MR) is 124 cm³/mol. The van der Waals surface area contributed by atoms with Gasteiger partial charge in [-0.15, -0.1) is 0 Å². The van der Waals surface area contributed by atoms with E-state index in [2.05, 4.69) is 10.3 Å². The first-order valence-electron chi connectivity index (χ1n) is 9.93. The standard InChI is InChI=1S/C23H16ClN3O5S/c24-14-4-5-16-17(9-14)26-23(27(22(16)30)10-15-2-1-7-31-15)33-12-19(28)13-3-6-20-18(8-13)25-21(29)11-32-20/h1-9H,10-12H2,(H,25,29). The summed E-state index contributed by atoms with van der Waals surface area (Å²) in [7, 11) is 0. The van der Waals surface area contributed by atoms with Gasteiger partial charge in [-0.1, -0.05) is 23.4 Å². The Labute approximate surface area is 196 Å². The Hall–Kier alpha value is -3.56. The average molecular weight is 482 g/mol.